The number of fused-ring (bicyclic) bond motifs is 6. The van der Waals surface area contributed by atoms with E-state index in [1.54, 1.807) is 0 Å². The van der Waals surface area contributed by atoms with Crippen molar-refractivity contribution in [1.82, 2.24) is 9.13 Å². The Morgan fingerprint density at radius 3 is 1.63 bits per heavy atom. The highest BCUT2D eigenvalue weighted by atomic mass is 15.4. The largest absolute Gasteiger partial charge is 0.345 e. The highest BCUT2D eigenvalue weighted by Gasteiger charge is 2.37. The van der Waals surface area contributed by atoms with Gasteiger partial charge in [-0.15, -0.1) is 0 Å². The maximum absolute atomic E-state index is 3.97. The van der Waals surface area contributed by atoms with E-state index >= 15 is 0 Å². The van der Waals surface area contributed by atoms with Crippen LogP contribution in [0.4, 0.5) is 17.2 Å². The summed E-state index contributed by atoms with van der Waals surface area (Å²) in [5, 5.41) is 7.69. The highest BCUT2D eigenvalue weighted by Crippen LogP contribution is 2.53. The van der Waals surface area contributed by atoms with Gasteiger partial charge >= 0.3 is 0 Å². The fourth-order valence-corrected chi connectivity index (χ4v) is 6.87. The van der Waals surface area contributed by atoms with Crippen LogP contribution in [0.15, 0.2) is 158 Å². The summed E-state index contributed by atoms with van der Waals surface area (Å²) in [4.78, 5) is 2.47. The number of aromatic nitrogens is 2. The van der Waals surface area contributed by atoms with Crippen LogP contribution in [0.5, 0.6) is 0 Å². The first kappa shape index (κ1) is 23.9. The van der Waals surface area contributed by atoms with E-state index in [1.807, 2.05) is 0 Å². The Kier molecular flexibility index (Phi) is 5.23. The predicted octanol–water partition coefficient (Wildman–Crippen LogP) is 9.99. The Bertz CT molecular complexity index is 2250. The van der Waals surface area contributed by atoms with Crippen molar-refractivity contribution in [2.45, 2.75) is 6.17 Å². The van der Waals surface area contributed by atoms with E-state index in [1.165, 1.54) is 44.0 Å². The summed E-state index contributed by atoms with van der Waals surface area (Å²) in [6, 6.07) is 56.4. The molecule has 0 radical (unpaired) electrons. The van der Waals surface area contributed by atoms with Crippen LogP contribution < -0.4 is 10.2 Å². The minimum absolute atomic E-state index is 0.0469. The Morgan fingerprint density at radius 2 is 0.953 bits per heavy atom. The van der Waals surface area contributed by atoms with E-state index < -0.39 is 0 Å². The minimum atomic E-state index is -0.0469. The van der Waals surface area contributed by atoms with Gasteiger partial charge in [0, 0.05) is 33.2 Å². The normalized spacial score (nSPS) is 14.4. The fourth-order valence-electron chi connectivity index (χ4n) is 6.87. The summed E-state index contributed by atoms with van der Waals surface area (Å²) < 4.78 is 4.79. The van der Waals surface area contributed by atoms with Crippen molar-refractivity contribution in [3.63, 3.8) is 0 Å². The molecule has 0 spiro atoms. The van der Waals surface area contributed by atoms with Crippen LogP contribution >= 0.6 is 0 Å². The summed E-state index contributed by atoms with van der Waals surface area (Å²) in [5.74, 6) is 1.10. The van der Waals surface area contributed by atoms with Gasteiger partial charge in [0.1, 0.15) is 12.0 Å². The number of rotatable bonds is 4. The first-order valence-electron chi connectivity index (χ1n) is 14.7. The monoisotopic (exact) mass is 552 g/mol. The molecule has 0 saturated heterocycles. The molecule has 1 aliphatic heterocycles. The van der Waals surface area contributed by atoms with Crippen LogP contribution in [0.1, 0.15) is 11.7 Å². The third-order valence-corrected chi connectivity index (χ3v) is 8.68. The first-order chi connectivity index (χ1) is 21.4. The summed E-state index contributed by atoms with van der Waals surface area (Å²) >= 11 is 0. The van der Waals surface area contributed by atoms with Crippen molar-refractivity contribution in [3.05, 3.63) is 163 Å². The van der Waals surface area contributed by atoms with Crippen LogP contribution in [-0.2, 0) is 0 Å². The quantitative estimate of drug-likeness (QED) is 0.235. The van der Waals surface area contributed by atoms with Gasteiger partial charge < -0.3 is 14.8 Å². The molecular formula is C39H28N4. The summed E-state index contributed by atoms with van der Waals surface area (Å²) in [6.07, 6.45) is -0.0469. The van der Waals surface area contributed by atoms with E-state index in [2.05, 4.69) is 177 Å². The van der Waals surface area contributed by atoms with Crippen LogP contribution in [0.3, 0.4) is 0 Å². The van der Waals surface area contributed by atoms with E-state index in [0.29, 0.717) is 0 Å². The molecule has 4 heteroatoms. The Hall–Kier alpha value is -5.74. The Labute approximate surface area is 249 Å². The number of anilines is 3. The lowest BCUT2D eigenvalue weighted by Gasteiger charge is -2.28. The maximum Gasteiger partial charge on any atom is 0.138 e. The van der Waals surface area contributed by atoms with Crippen LogP contribution in [0, 0.1) is 0 Å². The average Bonchev–Trinajstić information content (AvgIpc) is 3.72. The number of para-hydroxylation sites is 4. The topological polar surface area (TPSA) is 25.1 Å². The standard InChI is InChI=1S/C39H28N4/c1-5-15-27(16-6-1)38-40-39-37(43(38)30-21-11-4-12-22-30)33-25-32-31-23-13-14-24-34(31)41(28-17-7-2-8-18-28)35(32)26-36(33)42(39)29-19-9-3-10-20-29/h1-26,38,40H. The molecule has 6 aromatic carbocycles. The zero-order chi connectivity index (χ0) is 28.3. The molecule has 0 aliphatic carbocycles. The van der Waals surface area contributed by atoms with Crippen molar-refractivity contribution in [2.24, 2.45) is 0 Å². The van der Waals surface area contributed by atoms with Gasteiger partial charge in [0.15, 0.2) is 0 Å². The van der Waals surface area contributed by atoms with Gasteiger partial charge in [-0.25, -0.2) is 0 Å². The molecule has 1 unspecified atom stereocenters. The second-order valence-electron chi connectivity index (χ2n) is 11.1. The van der Waals surface area contributed by atoms with E-state index in [4.69, 9.17) is 0 Å². The SMILES string of the molecule is c1ccc(C2Nc3c(c4cc5c6ccccc6n(-c6ccccc6)c5cc4n3-c3ccccc3)N2c2ccccc2)cc1. The van der Waals surface area contributed by atoms with Crippen molar-refractivity contribution in [3.8, 4) is 11.4 Å². The van der Waals surface area contributed by atoms with Crippen molar-refractivity contribution >= 4 is 49.9 Å². The first-order valence-corrected chi connectivity index (χ1v) is 14.7. The molecule has 1 aliphatic rings. The molecule has 0 saturated carbocycles. The molecule has 43 heavy (non-hydrogen) atoms. The molecular weight excluding hydrogens is 524 g/mol. The molecule has 1 N–H and O–H groups in total. The smallest absolute Gasteiger partial charge is 0.138 e. The van der Waals surface area contributed by atoms with Gasteiger partial charge in [-0.05, 0) is 60.2 Å². The lowest BCUT2D eigenvalue weighted by atomic mass is 10.1. The van der Waals surface area contributed by atoms with Gasteiger partial charge in [-0.2, -0.15) is 0 Å². The van der Waals surface area contributed by atoms with Crippen LogP contribution in [0.25, 0.3) is 44.1 Å². The highest BCUT2D eigenvalue weighted by molar-refractivity contribution is 6.17. The molecule has 4 nitrogen and oxygen atoms in total. The molecule has 1 atom stereocenters. The Balaban J connectivity index is 1.42. The van der Waals surface area contributed by atoms with Gasteiger partial charge in [0.05, 0.1) is 22.2 Å². The minimum Gasteiger partial charge on any atom is -0.345 e. The van der Waals surface area contributed by atoms with E-state index in [0.717, 1.165) is 22.9 Å². The van der Waals surface area contributed by atoms with Crippen molar-refractivity contribution in [1.29, 1.82) is 0 Å². The third kappa shape index (κ3) is 3.57. The van der Waals surface area contributed by atoms with Crippen molar-refractivity contribution in [2.75, 3.05) is 10.2 Å². The lowest BCUT2D eigenvalue weighted by Crippen LogP contribution is -2.24. The summed E-state index contributed by atoms with van der Waals surface area (Å²) in [6.45, 7) is 0. The van der Waals surface area contributed by atoms with Gasteiger partial charge in [-0.3, -0.25) is 4.57 Å². The second kappa shape index (κ2) is 9.40. The molecule has 8 aromatic rings. The summed E-state index contributed by atoms with van der Waals surface area (Å²) in [7, 11) is 0. The zero-order valence-electron chi connectivity index (χ0n) is 23.4. The molecule has 2 aromatic heterocycles. The maximum atomic E-state index is 3.97. The molecule has 0 fully saturated rings. The fraction of sp³-hybridized carbons (Fsp3) is 0.0256. The molecule has 9 rings (SSSR count). The third-order valence-electron chi connectivity index (χ3n) is 8.68. The number of nitrogens with zero attached hydrogens (tertiary/aromatic N) is 3. The van der Waals surface area contributed by atoms with E-state index in [9.17, 15) is 0 Å². The second-order valence-corrected chi connectivity index (χ2v) is 11.1. The molecule has 204 valence electrons. The number of hydrogen-bond donors (Lipinski definition) is 1. The lowest BCUT2D eigenvalue weighted by molar-refractivity contribution is 0.823. The van der Waals surface area contributed by atoms with Gasteiger partial charge in [0.2, 0.25) is 0 Å². The van der Waals surface area contributed by atoms with Gasteiger partial charge in [-0.1, -0.05) is 103 Å². The molecule has 0 bridgehead atoms. The number of hydrogen-bond acceptors (Lipinski definition) is 2. The van der Waals surface area contributed by atoms with Crippen LogP contribution in [-0.4, -0.2) is 9.13 Å². The molecule has 3 heterocycles. The number of benzene rings is 6. The predicted molar refractivity (Wildman–Crippen MR) is 179 cm³/mol. The van der Waals surface area contributed by atoms with E-state index in [-0.39, 0.29) is 6.17 Å². The number of nitrogens with one attached hydrogen (secondary N) is 1. The average molecular weight is 553 g/mol. The molecule has 0 amide bonds. The van der Waals surface area contributed by atoms with Crippen molar-refractivity contribution < 1.29 is 0 Å². The Morgan fingerprint density at radius 1 is 0.419 bits per heavy atom. The van der Waals surface area contributed by atoms with Gasteiger partial charge in [0.25, 0.3) is 0 Å². The summed E-state index contributed by atoms with van der Waals surface area (Å²) in [5.41, 5.74) is 9.43. The zero-order valence-corrected chi connectivity index (χ0v) is 23.4. The van der Waals surface area contributed by atoms with Crippen LogP contribution in [0.2, 0.25) is 0 Å².